The largest absolute Gasteiger partial charge is 0.711 e. The number of piperazine rings is 1. The first kappa shape index (κ1) is 16.9. The van der Waals surface area contributed by atoms with E-state index in [0.717, 1.165) is 49.4 Å². The van der Waals surface area contributed by atoms with E-state index < -0.39 is 0 Å². The molecule has 1 aromatic rings. The highest BCUT2D eigenvalue weighted by Gasteiger charge is 2.18. The molecule has 0 spiro atoms. The van der Waals surface area contributed by atoms with E-state index >= 15 is 0 Å². The first-order chi connectivity index (χ1) is 11.7. The predicted octanol–water partition coefficient (Wildman–Crippen LogP) is 0.985. The first-order valence-corrected chi connectivity index (χ1v) is 8.45. The minimum absolute atomic E-state index is 0.613. The van der Waals surface area contributed by atoms with Crippen LogP contribution < -0.4 is 14.8 Å². The molecule has 0 aromatic heterocycles. The van der Waals surface area contributed by atoms with Crippen LogP contribution in [0, 0.1) is 5.21 Å². The summed E-state index contributed by atoms with van der Waals surface area (Å²) in [4.78, 5) is 4.82. The summed E-state index contributed by atoms with van der Waals surface area (Å²) in [5.74, 6) is 1.30. The van der Waals surface area contributed by atoms with Crippen molar-refractivity contribution in [3.63, 3.8) is 0 Å². The fraction of sp³-hybridized carbons (Fsp3) is 0.588. The van der Waals surface area contributed by atoms with Gasteiger partial charge in [-0.25, -0.2) is 4.74 Å². The van der Waals surface area contributed by atoms with Gasteiger partial charge in [0.25, 0.3) is 0 Å². The molecule has 2 aliphatic heterocycles. The molecule has 0 unspecified atom stereocenters. The molecule has 7 heteroatoms. The summed E-state index contributed by atoms with van der Waals surface area (Å²) in [6.07, 6.45) is 2.38. The van der Waals surface area contributed by atoms with Crippen LogP contribution in [0.25, 0.3) is 0 Å². The third-order valence-corrected chi connectivity index (χ3v) is 4.58. The minimum atomic E-state index is 0.613. The highest BCUT2D eigenvalue weighted by Crippen LogP contribution is 2.35. The Bertz CT molecular complexity index is 598. The number of hydrogen-bond donors (Lipinski definition) is 1. The summed E-state index contributed by atoms with van der Waals surface area (Å²) in [5, 5.41) is 14.8. The quantitative estimate of drug-likeness (QED) is 0.475. The van der Waals surface area contributed by atoms with Crippen molar-refractivity contribution in [1.82, 2.24) is 15.1 Å². The van der Waals surface area contributed by atoms with E-state index in [1.54, 1.807) is 13.2 Å². The second kappa shape index (κ2) is 7.72. The summed E-state index contributed by atoms with van der Waals surface area (Å²) >= 11 is 0. The van der Waals surface area contributed by atoms with Crippen molar-refractivity contribution < 1.29 is 14.2 Å². The lowest BCUT2D eigenvalue weighted by Crippen LogP contribution is -2.44. The van der Waals surface area contributed by atoms with Crippen LogP contribution in [-0.4, -0.2) is 74.4 Å². The van der Waals surface area contributed by atoms with Crippen LogP contribution >= 0.6 is 0 Å². The van der Waals surface area contributed by atoms with Gasteiger partial charge < -0.3 is 24.5 Å². The zero-order valence-electron chi connectivity index (χ0n) is 14.5. The third kappa shape index (κ3) is 3.91. The predicted molar refractivity (Wildman–Crippen MR) is 93.2 cm³/mol. The Morgan fingerprint density at radius 2 is 2.00 bits per heavy atom. The molecule has 24 heavy (non-hydrogen) atoms. The van der Waals surface area contributed by atoms with Gasteiger partial charge in [0.1, 0.15) is 12.2 Å². The van der Waals surface area contributed by atoms with Gasteiger partial charge in [0.05, 0.1) is 13.7 Å². The molecule has 0 saturated carbocycles. The van der Waals surface area contributed by atoms with Gasteiger partial charge in [-0.15, -0.1) is 0 Å². The third-order valence-electron chi connectivity index (χ3n) is 4.58. The van der Waals surface area contributed by atoms with E-state index in [9.17, 15) is 5.21 Å². The van der Waals surface area contributed by atoms with Gasteiger partial charge in [-0.3, -0.25) is 5.32 Å². The monoisotopic (exact) mass is 334 g/mol. The van der Waals surface area contributed by atoms with Gasteiger partial charge >= 0.3 is 0 Å². The summed E-state index contributed by atoms with van der Waals surface area (Å²) in [6, 6.07) is 3.64. The second-order valence-electron chi connectivity index (χ2n) is 6.31. The summed E-state index contributed by atoms with van der Waals surface area (Å²) in [5.41, 5.74) is 1.53. The van der Waals surface area contributed by atoms with Crippen molar-refractivity contribution in [1.29, 1.82) is 0 Å². The number of hydrogen-bond acceptors (Lipinski definition) is 6. The van der Waals surface area contributed by atoms with Gasteiger partial charge in [-0.05, 0) is 19.5 Å². The molecule has 2 heterocycles. The van der Waals surface area contributed by atoms with E-state index in [0.29, 0.717) is 30.3 Å². The molecule has 3 rings (SSSR count). The van der Waals surface area contributed by atoms with E-state index in [2.05, 4.69) is 22.2 Å². The molecule has 7 nitrogen and oxygen atoms in total. The number of benzene rings is 1. The van der Waals surface area contributed by atoms with E-state index in [1.807, 2.05) is 6.07 Å². The highest BCUT2D eigenvalue weighted by molar-refractivity contribution is 5.61. The zero-order valence-corrected chi connectivity index (χ0v) is 14.5. The Kier molecular flexibility index (Phi) is 5.42. The standard InChI is InChI=1S/C17H26N4O3/c1-19-5-7-20(8-6-19)4-3-9-24-17-11-15-14(10-16(17)23-2)12-18-13-21(15)22/h10-11,13,18H,3-9,12H2,1-2H3. The number of fused-ring (bicyclic) bond motifs is 1. The number of methoxy groups -OCH3 is 1. The van der Waals surface area contributed by atoms with Crippen molar-refractivity contribution in [2.75, 3.05) is 53.5 Å². The fourth-order valence-corrected chi connectivity index (χ4v) is 3.06. The molecule has 1 N–H and O–H groups in total. The summed E-state index contributed by atoms with van der Waals surface area (Å²) in [7, 11) is 3.78. The van der Waals surface area contributed by atoms with Crippen LogP contribution in [0.5, 0.6) is 11.5 Å². The Morgan fingerprint density at radius 1 is 1.21 bits per heavy atom. The van der Waals surface area contributed by atoms with Gasteiger partial charge in [0.15, 0.2) is 11.5 Å². The normalized spacial score (nSPS) is 18.5. The molecular weight excluding hydrogens is 308 g/mol. The number of ether oxygens (including phenoxy) is 2. The van der Waals surface area contributed by atoms with Crippen LogP contribution in [-0.2, 0) is 6.54 Å². The first-order valence-electron chi connectivity index (χ1n) is 8.45. The Labute approximate surface area is 143 Å². The molecule has 0 radical (unpaired) electrons. The van der Waals surface area contributed by atoms with E-state index in [1.165, 1.54) is 6.34 Å². The molecule has 0 aliphatic carbocycles. The smallest absolute Gasteiger partial charge is 0.240 e. The van der Waals surface area contributed by atoms with Crippen LogP contribution in [0.15, 0.2) is 12.1 Å². The molecule has 132 valence electrons. The maximum atomic E-state index is 11.9. The van der Waals surface area contributed by atoms with Crippen molar-refractivity contribution in [3.8, 4) is 11.5 Å². The lowest BCUT2D eigenvalue weighted by atomic mass is 10.1. The second-order valence-corrected chi connectivity index (χ2v) is 6.31. The summed E-state index contributed by atoms with van der Waals surface area (Å²) in [6.45, 7) is 6.76. The lowest BCUT2D eigenvalue weighted by Gasteiger charge is -2.32. The average molecular weight is 334 g/mol. The number of rotatable bonds is 6. The van der Waals surface area contributed by atoms with E-state index in [4.69, 9.17) is 9.47 Å². The maximum absolute atomic E-state index is 11.9. The molecule has 1 fully saturated rings. The molecule has 1 saturated heterocycles. The SMILES string of the molecule is COc1cc2c(cc1OCCCN1CCN(C)CC1)[N+]([O-])=CNC2. The number of nitrogens with zero attached hydrogens (tertiary/aromatic N) is 3. The minimum Gasteiger partial charge on any atom is -0.711 e. The Hall–Kier alpha value is -1.99. The Morgan fingerprint density at radius 3 is 2.75 bits per heavy atom. The van der Waals surface area contributed by atoms with Crippen LogP contribution in [0.2, 0.25) is 0 Å². The van der Waals surface area contributed by atoms with E-state index in [-0.39, 0.29) is 0 Å². The van der Waals surface area contributed by atoms with Gasteiger partial charge in [0, 0.05) is 44.4 Å². The van der Waals surface area contributed by atoms with Crippen molar-refractivity contribution in [2.24, 2.45) is 0 Å². The van der Waals surface area contributed by atoms with Gasteiger partial charge in [0.2, 0.25) is 6.34 Å². The van der Waals surface area contributed by atoms with Gasteiger partial charge in [-0.1, -0.05) is 0 Å². The number of nitrogens with one attached hydrogen (secondary N) is 1. The topological polar surface area (TPSA) is 63.0 Å². The van der Waals surface area contributed by atoms with Crippen LogP contribution in [0.3, 0.4) is 0 Å². The molecular formula is C17H26N4O3. The molecule has 2 aliphatic rings. The van der Waals surface area contributed by atoms with Crippen molar-refractivity contribution in [3.05, 3.63) is 22.9 Å². The Balaban J connectivity index is 1.55. The molecule has 1 aromatic carbocycles. The lowest BCUT2D eigenvalue weighted by molar-refractivity contribution is -0.360. The molecule has 0 bridgehead atoms. The van der Waals surface area contributed by atoms with Crippen LogP contribution in [0.1, 0.15) is 12.0 Å². The molecule has 0 atom stereocenters. The maximum Gasteiger partial charge on any atom is 0.240 e. The van der Waals surface area contributed by atoms with Gasteiger partial charge in [-0.2, -0.15) is 0 Å². The van der Waals surface area contributed by atoms with Crippen LogP contribution in [0.4, 0.5) is 5.69 Å². The van der Waals surface area contributed by atoms with Crippen molar-refractivity contribution in [2.45, 2.75) is 13.0 Å². The van der Waals surface area contributed by atoms with Crippen molar-refractivity contribution >= 4 is 12.0 Å². The number of likely N-dealkylation sites (N-methyl/N-ethyl adjacent to an activating group) is 1. The highest BCUT2D eigenvalue weighted by atomic mass is 16.5. The average Bonchev–Trinajstić information content (AvgIpc) is 2.60. The molecule has 0 amide bonds. The fourth-order valence-electron chi connectivity index (χ4n) is 3.06. The summed E-state index contributed by atoms with van der Waals surface area (Å²) < 4.78 is 12.1. The zero-order chi connectivity index (χ0) is 16.9.